The molecule has 4 nitrogen and oxygen atoms in total. The molecule has 5 heteroatoms. The maximum Gasteiger partial charge on any atom is 0.262 e. The molecule has 0 unspecified atom stereocenters. The van der Waals surface area contributed by atoms with E-state index in [-0.39, 0.29) is 18.3 Å². The zero-order valence-corrected chi connectivity index (χ0v) is 11.9. The highest BCUT2D eigenvalue weighted by Gasteiger charge is 2.09. The third-order valence-electron chi connectivity index (χ3n) is 3.01. The lowest BCUT2D eigenvalue weighted by atomic mass is 10.2. The molecule has 0 heterocycles. The summed E-state index contributed by atoms with van der Waals surface area (Å²) in [5.41, 5.74) is 8.41. The summed E-state index contributed by atoms with van der Waals surface area (Å²) in [6.45, 7) is 3.43. The second-order valence-electron chi connectivity index (χ2n) is 4.84. The Morgan fingerprint density at radius 2 is 1.90 bits per heavy atom. The van der Waals surface area contributed by atoms with Gasteiger partial charge in [-0.05, 0) is 37.6 Å². The smallest absolute Gasteiger partial charge is 0.262 e. The minimum Gasteiger partial charge on any atom is -0.481 e. The summed E-state index contributed by atoms with van der Waals surface area (Å²) in [5, 5.41) is 2.67. The molecule has 0 bridgehead atoms. The fraction of sp³-hybridized carbons (Fsp3) is 0.188. The minimum absolute atomic E-state index is 0.0146. The molecule has 0 saturated carbocycles. The van der Waals surface area contributed by atoms with E-state index >= 15 is 0 Å². The Labute approximate surface area is 122 Å². The lowest BCUT2D eigenvalue weighted by molar-refractivity contribution is -0.118. The summed E-state index contributed by atoms with van der Waals surface area (Å²) >= 11 is 0. The van der Waals surface area contributed by atoms with Crippen molar-refractivity contribution in [3.8, 4) is 5.75 Å². The quantitative estimate of drug-likeness (QED) is 0.850. The van der Waals surface area contributed by atoms with E-state index in [1.807, 2.05) is 19.1 Å². The van der Waals surface area contributed by atoms with E-state index in [2.05, 4.69) is 5.32 Å². The number of hydrogen-bond donors (Lipinski definition) is 2. The molecule has 0 aliphatic rings. The number of carbonyl (C=O) groups excluding carboxylic acids is 1. The molecule has 0 aliphatic heterocycles. The van der Waals surface area contributed by atoms with Crippen LogP contribution < -0.4 is 15.8 Å². The molecular weight excluding hydrogens is 271 g/mol. The predicted octanol–water partition coefficient (Wildman–Crippen LogP) is 3.04. The SMILES string of the molecule is Cc1ccc(NC(=O)COc2cc(C)c(N)cc2F)cc1. The van der Waals surface area contributed by atoms with Crippen molar-refractivity contribution in [2.75, 3.05) is 17.7 Å². The van der Waals surface area contributed by atoms with Crippen LogP contribution in [0.3, 0.4) is 0 Å². The van der Waals surface area contributed by atoms with Crippen LogP contribution in [-0.4, -0.2) is 12.5 Å². The molecule has 110 valence electrons. The van der Waals surface area contributed by atoms with E-state index < -0.39 is 5.82 Å². The largest absolute Gasteiger partial charge is 0.481 e. The standard InChI is InChI=1S/C16H17FN2O2/c1-10-3-5-12(6-4-10)19-16(20)9-21-15-7-11(2)14(18)8-13(15)17/h3-8H,9,18H2,1-2H3,(H,19,20). The Kier molecular flexibility index (Phi) is 4.42. The van der Waals surface area contributed by atoms with Gasteiger partial charge in [-0.15, -0.1) is 0 Å². The van der Waals surface area contributed by atoms with Crippen molar-refractivity contribution in [1.82, 2.24) is 0 Å². The number of halogens is 1. The van der Waals surface area contributed by atoms with E-state index in [1.54, 1.807) is 19.1 Å². The number of carbonyl (C=O) groups is 1. The first-order valence-electron chi connectivity index (χ1n) is 6.50. The number of ether oxygens (including phenoxy) is 1. The fourth-order valence-corrected chi connectivity index (χ4v) is 1.76. The zero-order valence-electron chi connectivity index (χ0n) is 11.9. The third kappa shape index (κ3) is 3.95. The van der Waals surface area contributed by atoms with Crippen molar-refractivity contribution in [1.29, 1.82) is 0 Å². The first-order valence-corrected chi connectivity index (χ1v) is 6.50. The Balaban J connectivity index is 1.95. The summed E-state index contributed by atoms with van der Waals surface area (Å²) in [7, 11) is 0. The van der Waals surface area contributed by atoms with Crippen molar-refractivity contribution in [2.45, 2.75) is 13.8 Å². The van der Waals surface area contributed by atoms with Gasteiger partial charge in [0.05, 0.1) is 0 Å². The van der Waals surface area contributed by atoms with Crippen LogP contribution in [0, 0.1) is 19.7 Å². The molecule has 2 aromatic rings. The van der Waals surface area contributed by atoms with Gasteiger partial charge >= 0.3 is 0 Å². The molecule has 3 N–H and O–H groups in total. The Morgan fingerprint density at radius 3 is 2.57 bits per heavy atom. The highest BCUT2D eigenvalue weighted by molar-refractivity contribution is 5.91. The molecule has 2 rings (SSSR count). The van der Waals surface area contributed by atoms with Crippen LogP contribution >= 0.6 is 0 Å². The Hall–Kier alpha value is -2.56. The number of benzene rings is 2. The maximum atomic E-state index is 13.6. The van der Waals surface area contributed by atoms with Crippen LogP contribution in [-0.2, 0) is 4.79 Å². The third-order valence-corrected chi connectivity index (χ3v) is 3.01. The van der Waals surface area contributed by atoms with Gasteiger partial charge in [0, 0.05) is 17.4 Å². The monoisotopic (exact) mass is 288 g/mol. The van der Waals surface area contributed by atoms with Gasteiger partial charge in [0.25, 0.3) is 5.91 Å². The number of nitrogen functional groups attached to an aromatic ring is 1. The van der Waals surface area contributed by atoms with Crippen molar-refractivity contribution >= 4 is 17.3 Å². The van der Waals surface area contributed by atoms with Crippen LogP contribution in [0.1, 0.15) is 11.1 Å². The van der Waals surface area contributed by atoms with Crippen LogP contribution in [0.15, 0.2) is 36.4 Å². The molecule has 21 heavy (non-hydrogen) atoms. The first-order chi connectivity index (χ1) is 9.95. The summed E-state index contributed by atoms with van der Waals surface area (Å²) < 4.78 is 18.8. The summed E-state index contributed by atoms with van der Waals surface area (Å²) in [5.74, 6) is -0.922. The number of amides is 1. The molecule has 0 radical (unpaired) electrons. The van der Waals surface area contributed by atoms with Gasteiger partial charge in [0.1, 0.15) is 0 Å². The fourth-order valence-electron chi connectivity index (χ4n) is 1.76. The average Bonchev–Trinajstić information content (AvgIpc) is 2.44. The molecular formula is C16H17FN2O2. The number of anilines is 2. The molecule has 0 spiro atoms. The number of rotatable bonds is 4. The van der Waals surface area contributed by atoms with Crippen molar-refractivity contribution in [3.63, 3.8) is 0 Å². The lowest BCUT2D eigenvalue weighted by Crippen LogP contribution is -2.20. The van der Waals surface area contributed by atoms with Gasteiger partial charge in [0.15, 0.2) is 18.2 Å². The molecule has 2 aromatic carbocycles. The van der Waals surface area contributed by atoms with Gasteiger partial charge < -0.3 is 15.8 Å². The van der Waals surface area contributed by atoms with Crippen LogP contribution in [0.25, 0.3) is 0 Å². The number of nitrogens with one attached hydrogen (secondary N) is 1. The van der Waals surface area contributed by atoms with Gasteiger partial charge in [-0.3, -0.25) is 4.79 Å². The lowest BCUT2D eigenvalue weighted by Gasteiger charge is -2.10. The molecule has 0 aliphatic carbocycles. The molecule has 0 saturated heterocycles. The highest BCUT2D eigenvalue weighted by Crippen LogP contribution is 2.23. The average molecular weight is 288 g/mol. The molecule has 0 aromatic heterocycles. The van der Waals surface area contributed by atoms with Crippen molar-refractivity contribution < 1.29 is 13.9 Å². The van der Waals surface area contributed by atoms with Gasteiger partial charge in [0.2, 0.25) is 0 Å². The Morgan fingerprint density at radius 1 is 1.24 bits per heavy atom. The number of hydrogen-bond acceptors (Lipinski definition) is 3. The zero-order chi connectivity index (χ0) is 15.4. The van der Waals surface area contributed by atoms with Crippen LogP contribution in [0.4, 0.5) is 15.8 Å². The summed E-state index contributed by atoms with van der Waals surface area (Å²) in [6, 6.07) is 10.0. The summed E-state index contributed by atoms with van der Waals surface area (Å²) in [4.78, 5) is 11.8. The first kappa shape index (κ1) is 14.8. The number of nitrogens with two attached hydrogens (primary N) is 1. The highest BCUT2D eigenvalue weighted by atomic mass is 19.1. The van der Waals surface area contributed by atoms with E-state index in [0.29, 0.717) is 16.9 Å². The molecule has 0 fully saturated rings. The predicted molar refractivity (Wildman–Crippen MR) is 80.9 cm³/mol. The maximum absolute atomic E-state index is 13.6. The normalized spacial score (nSPS) is 10.2. The van der Waals surface area contributed by atoms with Crippen molar-refractivity contribution in [3.05, 3.63) is 53.3 Å². The van der Waals surface area contributed by atoms with Gasteiger partial charge in [-0.1, -0.05) is 17.7 Å². The second-order valence-corrected chi connectivity index (χ2v) is 4.84. The van der Waals surface area contributed by atoms with E-state index in [0.717, 1.165) is 5.56 Å². The van der Waals surface area contributed by atoms with Crippen LogP contribution in [0.5, 0.6) is 5.75 Å². The van der Waals surface area contributed by atoms with Gasteiger partial charge in [-0.2, -0.15) is 0 Å². The Bertz CT molecular complexity index is 654. The minimum atomic E-state index is -0.582. The summed E-state index contributed by atoms with van der Waals surface area (Å²) in [6.07, 6.45) is 0. The van der Waals surface area contributed by atoms with E-state index in [1.165, 1.54) is 12.1 Å². The van der Waals surface area contributed by atoms with Gasteiger partial charge in [-0.25, -0.2) is 4.39 Å². The van der Waals surface area contributed by atoms with E-state index in [4.69, 9.17) is 10.5 Å². The van der Waals surface area contributed by atoms with E-state index in [9.17, 15) is 9.18 Å². The second kappa shape index (κ2) is 6.26. The number of aryl methyl sites for hydroxylation is 2. The molecule has 0 atom stereocenters. The van der Waals surface area contributed by atoms with Crippen LogP contribution in [0.2, 0.25) is 0 Å². The topological polar surface area (TPSA) is 64.3 Å². The van der Waals surface area contributed by atoms with Crippen molar-refractivity contribution in [2.24, 2.45) is 0 Å². The molecule has 1 amide bonds.